The summed E-state index contributed by atoms with van der Waals surface area (Å²) >= 11 is 0. The summed E-state index contributed by atoms with van der Waals surface area (Å²) in [6, 6.07) is 6.21. The summed E-state index contributed by atoms with van der Waals surface area (Å²) in [4.78, 5) is 16.3. The maximum atomic E-state index is 11.7. The largest absolute Gasteiger partial charge is 0.367 e. The zero-order valence-corrected chi connectivity index (χ0v) is 14.1. The molecule has 10 nitrogen and oxygen atoms in total. The van der Waals surface area contributed by atoms with Crippen molar-refractivity contribution in [3.05, 3.63) is 29.6 Å². The molecule has 0 fully saturated rings. The second kappa shape index (κ2) is 7.02. The average molecular weight is 350 g/mol. The van der Waals surface area contributed by atoms with Crippen LogP contribution in [0.15, 0.2) is 60.3 Å². The van der Waals surface area contributed by atoms with Gasteiger partial charge in [0.2, 0.25) is 6.04 Å². The molecule has 2 aliphatic rings. The second-order valence-corrected chi connectivity index (χ2v) is 5.35. The van der Waals surface area contributed by atoms with Gasteiger partial charge in [-0.3, -0.25) is 0 Å². The average Bonchev–Trinajstić information content (AvgIpc) is 3.04. The van der Waals surface area contributed by atoms with Crippen molar-refractivity contribution in [1.82, 2.24) is 0 Å². The lowest BCUT2D eigenvalue weighted by molar-refractivity contribution is -0.141. The molecule has 1 aromatic rings. The Morgan fingerprint density at radius 3 is 2.96 bits per heavy atom. The molecule has 1 atom stereocenters. The summed E-state index contributed by atoms with van der Waals surface area (Å²) in [5, 5.41) is 34.3. The maximum absolute atomic E-state index is 11.7. The van der Waals surface area contributed by atoms with E-state index in [1.807, 2.05) is 13.0 Å². The fraction of sp³-hybridized carbons (Fsp3) is 0.250. The van der Waals surface area contributed by atoms with E-state index in [4.69, 9.17) is 5.26 Å². The molecule has 10 heteroatoms. The Bertz CT molecular complexity index is 938. The van der Waals surface area contributed by atoms with Crippen molar-refractivity contribution < 1.29 is 9.63 Å². The molecule has 0 N–H and O–H groups in total. The Balaban J connectivity index is 1.95. The van der Waals surface area contributed by atoms with E-state index in [2.05, 4.69) is 42.3 Å². The number of nitrogens with zero attached hydrogens (tertiary/aromatic N) is 8. The summed E-state index contributed by atoms with van der Waals surface area (Å²) in [6.45, 7) is 6.98. The van der Waals surface area contributed by atoms with Gasteiger partial charge in [-0.15, -0.1) is 10.2 Å². The molecule has 1 unspecified atom stereocenters. The van der Waals surface area contributed by atoms with Crippen LogP contribution in [0.25, 0.3) is 0 Å². The smallest absolute Gasteiger partial charge is 0.315 e. The van der Waals surface area contributed by atoms with Gasteiger partial charge >= 0.3 is 5.97 Å². The molecule has 0 aliphatic carbocycles. The van der Waals surface area contributed by atoms with Crippen molar-refractivity contribution in [2.75, 3.05) is 5.01 Å². The van der Waals surface area contributed by atoms with E-state index in [0.717, 1.165) is 0 Å². The van der Waals surface area contributed by atoms with Gasteiger partial charge in [0.05, 0.1) is 28.7 Å². The van der Waals surface area contributed by atoms with Crippen LogP contribution in [0, 0.1) is 11.3 Å². The van der Waals surface area contributed by atoms with Crippen molar-refractivity contribution in [2.24, 2.45) is 30.7 Å². The van der Waals surface area contributed by atoms with E-state index in [1.165, 1.54) is 5.01 Å². The molecule has 0 aromatic heterocycles. The summed E-state index contributed by atoms with van der Waals surface area (Å²) in [5.74, 6) is -0.273. The van der Waals surface area contributed by atoms with E-state index < -0.39 is 12.0 Å². The molecule has 26 heavy (non-hydrogen) atoms. The molecule has 2 heterocycles. The van der Waals surface area contributed by atoms with Gasteiger partial charge in [-0.2, -0.15) is 20.6 Å². The topological polar surface area (TPSA) is 127 Å². The number of hydrogen-bond donors (Lipinski definition) is 0. The number of hydrogen-bond acceptors (Lipinski definition) is 10. The van der Waals surface area contributed by atoms with E-state index in [-0.39, 0.29) is 5.82 Å². The normalized spacial score (nSPS) is 20.5. The lowest BCUT2D eigenvalue weighted by Gasteiger charge is -2.23. The predicted molar refractivity (Wildman–Crippen MR) is 93.4 cm³/mol. The lowest BCUT2D eigenvalue weighted by atomic mass is 10.1. The second-order valence-electron chi connectivity index (χ2n) is 5.35. The Kier molecular flexibility index (Phi) is 4.62. The molecular weight excluding hydrogens is 336 g/mol. The van der Waals surface area contributed by atoms with Crippen LogP contribution in [-0.2, 0) is 9.63 Å². The Morgan fingerprint density at radius 1 is 1.46 bits per heavy atom. The Hall–Kier alpha value is -3.74. The van der Waals surface area contributed by atoms with E-state index in [1.54, 1.807) is 25.1 Å². The molecule has 130 valence electrons. The minimum absolute atomic E-state index is 0.281. The van der Waals surface area contributed by atoms with Gasteiger partial charge in [0, 0.05) is 6.72 Å². The van der Waals surface area contributed by atoms with Crippen molar-refractivity contribution in [1.29, 1.82) is 5.26 Å². The van der Waals surface area contributed by atoms with Gasteiger partial charge in [0.15, 0.2) is 5.82 Å². The highest BCUT2D eigenvalue weighted by Crippen LogP contribution is 2.40. The fourth-order valence-corrected chi connectivity index (χ4v) is 2.35. The molecule has 3 rings (SSSR count). The first-order chi connectivity index (χ1) is 12.6. The van der Waals surface area contributed by atoms with Crippen LogP contribution in [0.4, 0.5) is 17.1 Å². The molecule has 0 bridgehead atoms. The monoisotopic (exact) mass is 350 g/mol. The predicted octanol–water partition coefficient (Wildman–Crippen LogP) is 3.74. The minimum atomic E-state index is -0.833. The van der Waals surface area contributed by atoms with Crippen molar-refractivity contribution in [3.63, 3.8) is 0 Å². The third-order valence-corrected chi connectivity index (χ3v) is 3.73. The van der Waals surface area contributed by atoms with Gasteiger partial charge in [-0.05, 0) is 31.5 Å². The number of oxime groups is 1. The number of allylic oxidation sites excluding steroid dienone is 1. The molecule has 0 saturated carbocycles. The first kappa shape index (κ1) is 17.1. The fourth-order valence-electron chi connectivity index (χ4n) is 2.35. The summed E-state index contributed by atoms with van der Waals surface area (Å²) < 4.78 is 0. The third kappa shape index (κ3) is 2.98. The quantitative estimate of drug-likeness (QED) is 0.354. The Morgan fingerprint density at radius 2 is 2.27 bits per heavy atom. The van der Waals surface area contributed by atoms with Gasteiger partial charge < -0.3 is 4.84 Å². The van der Waals surface area contributed by atoms with Crippen LogP contribution in [-0.4, -0.2) is 24.4 Å². The molecular formula is C16H14N8O2. The number of benzene rings is 1. The molecule has 0 saturated heterocycles. The number of azo groups is 2. The number of anilines is 1. The minimum Gasteiger partial charge on any atom is -0.315 e. The number of nitriles is 1. The number of hydrazone groups is 1. The van der Waals surface area contributed by atoms with Crippen LogP contribution >= 0.6 is 0 Å². The Labute approximate surface area is 148 Å². The molecule has 2 aliphatic heterocycles. The molecule has 0 spiro atoms. The number of fused-ring (bicyclic) bond motifs is 1. The highest BCUT2D eigenvalue weighted by molar-refractivity contribution is 6.08. The molecule has 0 amide bonds. The van der Waals surface area contributed by atoms with E-state index in [9.17, 15) is 4.79 Å². The van der Waals surface area contributed by atoms with Crippen LogP contribution in [0.5, 0.6) is 0 Å². The van der Waals surface area contributed by atoms with Crippen LogP contribution in [0.2, 0.25) is 0 Å². The standard InChI is InChI=1S/C16H14N8O2/c1-4-11-14(16(25)26-23-11)21-19-10-5-6-12-13(7-10)24(18-3)15(22-20-12)9(2)8-17/h5-7,14H,3-4H2,1-2H3/b15-9+,21-19?. The first-order valence-corrected chi connectivity index (χ1v) is 7.71. The molecule has 1 aromatic carbocycles. The van der Waals surface area contributed by atoms with Gasteiger partial charge in [-0.25, -0.2) is 9.80 Å². The van der Waals surface area contributed by atoms with Crippen LogP contribution in [0.3, 0.4) is 0 Å². The van der Waals surface area contributed by atoms with Crippen LogP contribution in [0.1, 0.15) is 20.3 Å². The maximum Gasteiger partial charge on any atom is 0.367 e. The SMILES string of the molecule is C=NN1/C(=C(\C)C#N)N=Nc2ccc(N=NC3C(=O)ON=C3CC)cc21. The van der Waals surface area contributed by atoms with Crippen LogP contribution < -0.4 is 5.01 Å². The lowest BCUT2D eigenvalue weighted by Crippen LogP contribution is -2.21. The number of rotatable bonds is 4. The summed E-state index contributed by atoms with van der Waals surface area (Å²) in [5.41, 5.74) is 2.43. The molecule has 0 radical (unpaired) electrons. The van der Waals surface area contributed by atoms with Crippen molar-refractivity contribution in [3.8, 4) is 6.07 Å². The highest BCUT2D eigenvalue weighted by atomic mass is 16.7. The van der Waals surface area contributed by atoms with E-state index in [0.29, 0.717) is 34.8 Å². The summed E-state index contributed by atoms with van der Waals surface area (Å²) in [6.07, 6.45) is 0.537. The van der Waals surface area contributed by atoms with Gasteiger partial charge in [0.25, 0.3) is 0 Å². The van der Waals surface area contributed by atoms with E-state index >= 15 is 0 Å². The highest BCUT2D eigenvalue weighted by Gasteiger charge is 2.31. The zero-order valence-electron chi connectivity index (χ0n) is 14.1. The first-order valence-electron chi connectivity index (χ1n) is 7.71. The summed E-state index contributed by atoms with van der Waals surface area (Å²) in [7, 11) is 0. The third-order valence-electron chi connectivity index (χ3n) is 3.73. The van der Waals surface area contributed by atoms with Crippen molar-refractivity contribution >= 4 is 35.5 Å². The van der Waals surface area contributed by atoms with Gasteiger partial charge in [-0.1, -0.05) is 12.1 Å². The van der Waals surface area contributed by atoms with Crippen molar-refractivity contribution in [2.45, 2.75) is 26.3 Å². The van der Waals surface area contributed by atoms with Gasteiger partial charge in [0.1, 0.15) is 5.69 Å². The zero-order chi connectivity index (χ0) is 18.7. The number of carbonyl (C=O) groups excluding carboxylic acids is 1. The number of carbonyl (C=O) groups is 1.